The van der Waals surface area contributed by atoms with E-state index in [0.29, 0.717) is 38.5 Å². The van der Waals surface area contributed by atoms with E-state index in [2.05, 4.69) is 14.9 Å². The van der Waals surface area contributed by atoms with E-state index in [4.69, 9.17) is 9.47 Å². The lowest BCUT2D eigenvalue weighted by molar-refractivity contribution is 0.327. The second-order valence-electron chi connectivity index (χ2n) is 7.26. The molecular formula is C23H26N4O4S. The maximum Gasteiger partial charge on any atom is 0.246 e. The van der Waals surface area contributed by atoms with Gasteiger partial charge in [-0.05, 0) is 43.3 Å². The second kappa shape index (κ2) is 9.54. The number of hydrogen-bond acceptors (Lipinski definition) is 7. The summed E-state index contributed by atoms with van der Waals surface area (Å²) in [5, 5.41) is 0. The zero-order valence-electron chi connectivity index (χ0n) is 18.1. The minimum atomic E-state index is -3.64. The minimum Gasteiger partial charge on any atom is -0.497 e. The van der Waals surface area contributed by atoms with Gasteiger partial charge in [-0.3, -0.25) is 0 Å². The zero-order chi connectivity index (χ0) is 22.6. The molecule has 0 N–H and O–H groups in total. The molecule has 4 rings (SSSR count). The van der Waals surface area contributed by atoms with E-state index < -0.39 is 10.0 Å². The molecule has 1 aliphatic heterocycles. The summed E-state index contributed by atoms with van der Waals surface area (Å²) in [6.07, 6.45) is 1.54. The fraction of sp³-hybridized carbons (Fsp3) is 0.304. The van der Waals surface area contributed by atoms with Crippen molar-refractivity contribution in [1.82, 2.24) is 14.3 Å². The van der Waals surface area contributed by atoms with Gasteiger partial charge in [0.05, 0.1) is 19.4 Å². The Morgan fingerprint density at radius 2 is 1.69 bits per heavy atom. The number of anilines is 1. The van der Waals surface area contributed by atoms with Crippen LogP contribution in [0.1, 0.15) is 6.92 Å². The van der Waals surface area contributed by atoms with Crippen LogP contribution in [0.4, 0.5) is 5.82 Å². The molecule has 0 aliphatic carbocycles. The monoisotopic (exact) mass is 454 g/mol. The van der Waals surface area contributed by atoms with Crippen LogP contribution in [0.5, 0.6) is 11.5 Å². The van der Waals surface area contributed by atoms with Gasteiger partial charge in [0.2, 0.25) is 10.0 Å². The molecule has 0 unspecified atom stereocenters. The van der Waals surface area contributed by atoms with Crippen LogP contribution in [0.15, 0.2) is 65.8 Å². The molecule has 9 heteroatoms. The Morgan fingerprint density at radius 1 is 0.969 bits per heavy atom. The first-order valence-electron chi connectivity index (χ1n) is 10.5. The first-order valence-corrected chi connectivity index (χ1v) is 11.9. The Bertz CT molecular complexity index is 1160. The highest BCUT2D eigenvalue weighted by molar-refractivity contribution is 7.89. The molecule has 0 spiro atoms. The fourth-order valence-electron chi connectivity index (χ4n) is 3.67. The molecule has 2 heterocycles. The highest BCUT2D eigenvalue weighted by atomic mass is 32.2. The first kappa shape index (κ1) is 22.0. The molecule has 3 aromatic rings. The normalized spacial score (nSPS) is 14.9. The van der Waals surface area contributed by atoms with E-state index in [-0.39, 0.29) is 4.90 Å². The number of para-hydroxylation sites is 1. The van der Waals surface area contributed by atoms with E-state index in [1.165, 1.54) is 10.6 Å². The summed E-state index contributed by atoms with van der Waals surface area (Å²) in [6.45, 7) is 4.05. The summed E-state index contributed by atoms with van der Waals surface area (Å²) >= 11 is 0. The van der Waals surface area contributed by atoms with E-state index in [1.807, 2.05) is 37.3 Å². The Hall–Kier alpha value is -3.17. The molecule has 32 heavy (non-hydrogen) atoms. The molecule has 0 radical (unpaired) electrons. The third kappa shape index (κ3) is 4.53. The number of rotatable bonds is 7. The summed E-state index contributed by atoms with van der Waals surface area (Å²) in [4.78, 5) is 11.1. The van der Waals surface area contributed by atoms with Gasteiger partial charge in [0, 0.05) is 37.8 Å². The van der Waals surface area contributed by atoms with E-state index in [0.717, 1.165) is 22.8 Å². The van der Waals surface area contributed by atoms with Gasteiger partial charge in [-0.15, -0.1) is 0 Å². The Labute approximate surface area is 188 Å². The van der Waals surface area contributed by atoms with Crippen molar-refractivity contribution in [2.45, 2.75) is 11.8 Å². The third-order valence-electron chi connectivity index (χ3n) is 5.37. The number of ether oxygens (including phenoxy) is 2. The van der Waals surface area contributed by atoms with Gasteiger partial charge in [-0.25, -0.2) is 18.4 Å². The Balaban J connectivity index is 1.48. The topological polar surface area (TPSA) is 84.9 Å². The molecule has 0 saturated carbocycles. The van der Waals surface area contributed by atoms with Crippen molar-refractivity contribution in [2.75, 3.05) is 44.8 Å². The third-order valence-corrected chi connectivity index (χ3v) is 7.31. The smallest absolute Gasteiger partial charge is 0.246 e. The number of aromatic nitrogens is 2. The van der Waals surface area contributed by atoms with Crippen LogP contribution >= 0.6 is 0 Å². The van der Waals surface area contributed by atoms with Crippen LogP contribution in [-0.4, -0.2) is 62.6 Å². The standard InChI is InChI=1S/C23H26N4O4S/c1-3-31-21-6-4-5-7-22(21)32(28,29)27-14-12-26(13-15-27)23-16-20(24-17-25-23)18-8-10-19(30-2)11-9-18/h4-11,16-17H,3,12-15H2,1-2H3. The number of sulfonamides is 1. The van der Waals surface area contributed by atoms with Gasteiger partial charge < -0.3 is 14.4 Å². The summed E-state index contributed by atoms with van der Waals surface area (Å²) in [5.74, 6) is 1.95. The summed E-state index contributed by atoms with van der Waals surface area (Å²) in [7, 11) is -2.01. The van der Waals surface area contributed by atoms with Gasteiger partial charge in [0.25, 0.3) is 0 Å². The lowest BCUT2D eigenvalue weighted by atomic mass is 10.1. The molecule has 1 aromatic heterocycles. The van der Waals surface area contributed by atoms with Crippen molar-refractivity contribution in [3.05, 3.63) is 60.9 Å². The zero-order valence-corrected chi connectivity index (χ0v) is 19.0. The van der Waals surface area contributed by atoms with Crippen LogP contribution in [0.25, 0.3) is 11.3 Å². The average molecular weight is 455 g/mol. The van der Waals surface area contributed by atoms with Crippen molar-refractivity contribution in [2.24, 2.45) is 0 Å². The van der Waals surface area contributed by atoms with Gasteiger partial charge >= 0.3 is 0 Å². The van der Waals surface area contributed by atoms with Crippen molar-refractivity contribution in [3.63, 3.8) is 0 Å². The number of hydrogen-bond donors (Lipinski definition) is 0. The summed E-state index contributed by atoms with van der Waals surface area (Å²) in [6, 6.07) is 16.4. The van der Waals surface area contributed by atoms with Crippen LogP contribution < -0.4 is 14.4 Å². The highest BCUT2D eigenvalue weighted by Crippen LogP contribution is 2.28. The maximum atomic E-state index is 13.2. The van der Waals surface area contributed by atoms with Crippen LogP contribution in [-0.2, 0) is 10.0 Å². The van der Waals surface area contributed by atoms with Crippen molar-refractivity contribution >= 4 is 15.8 Å². The van der Waals surface area contributed by atoms with E-state index in [9.17, 15) is 8.42 Å². The molecule has 8 nitrogen and oxygen atoms in total. The molecule has 168 valence electrons. The Kier molecular flexibility index (Phi) is 6.57. The minimum absolute atomic E-state index is 0.208. The first-order chi connectivity index (χ1) is 15.5. The quantitative estimate of drug-likeness (QED) is 0.542. The van der Waals surface area contributed by atoms with Crippen molar-refractivity contribution in [1.29, 1.82) is 0 Å². The molecule has 0 bridgehead atoms. The van der Waals surface area contributed by atoms with Crippen molar-refractivity contribution in [3.8, 4) is 22.8 Å². The Morgan fingerprint density at radius 3 is 2.38 bits per heavy atom. The van der Waals surface area contributed by atoms with Gasteiger partial charge in [-0.2, -0.15) is 4.31 Å². The number of nitrogens with zero attached hydrogens (tertiary/aromatic N) is 4. The molecule has 2 aromatic carbocycles. The maximum absolute atomic E-state index is 13.2. The lowest BCUT2D eigenvalue weighted by Crippen LogP contribution is -2.49. The van der Waals surface area contributed by atoms with E-state index in [1.54, 1.807) is 31.4 Å². The van der Waals surface area contributed by atoms with Gasteiger partial charge in [-0.1, -0.05) is 12.1 Å². The largest absolute Gasteiger partial charge is 0.497 e. The number of piperazine rings is 1. The molecule has 1 saturated heterocycles. The average Bonchev–Trinajstić information content (AvgIpc) is 2.85. The van der Waals surface area contributed by atoms with E-state index >= 15 is 0 Å². The highest BCUT2D eigenvalue weighted by Gasteiger charge is 2.31. The molecule has 0 amide bonds. The molecule has 1 aliphatic rings. The second-order valence-corrected chi connectivity index (χ2v) is 9.17. The van der Waals surface area contributed by atoms with Crippen molar-refractivity contribution < 1.29 is 17.9 Å². The van der Waals surface area contributed by atoms with Crippen LogP contribution in [0, 0.1) is 0 Å². The molecule has 0 atom stereocenters. The predicted molar refractivity (Wildman–Crippen MR) is 123 cm³/mol. The predicted octanol–water partition coefficient (Wildman–Crippen LogP) is 3.06. The number of methoxy groups -OCH3 is 1. The molecular weight excluding hydrogens is 428 g/mol. The fourth-order valence-corrected chi connectivity index (χ4v) is 5.23. The van der Waals surface area contributed by atoms with Crippen LogP contribution in [0.2, 0.25) is 0 Å². The van der Waals surface area contributed by atoms with Crippen LogP contribution in [0.3, 0.4) is 0 Å². The number of benzene rings is 2. The van der Waals surface area contributed by atoms with Gasteiger partial charge in [0.15, 0.2) is 0 Å². The lowest BCUT2D eigenvalue weighted by Gasteiger charge is -2.34. The van der Waals surface area contributed by atoms with Gasteiger partial charge in [0.1, 0.15) is 28.5 Å². The SMILES string of the molecule is CCOc1ccccc1S(=O)(=O)N1CCN(c2cc(-c3ccc(OC)cc3)ncn2)CC1. The molecule has 1 fully saturated rings. The summed E-state index contributed by atoms with van der Waals surface area (Å²) < 4.78 is 38.7. The summed E-state index contributed by atoms with van der Waals surface area (Å²) in [5.41, 5.74) is 1.77.